The van der Waals surface area contributed by atoms with Crippen molar-refractivity contribution in [1.29, 1.82) is 0 Å². The van der Waals surface area contributed by atoms with Crippen molar-refractivity contribution in [2.75, 3.05) is 33.7 Å². The average molecular weight is 295 g/mol. The monoisotopic (exact) mass is 295 g/mol. The van der Waals surface area contributed by atoms with Crippen LogP contribution < -0.4 is 5.32 Å². The van der Waals surface area contributed by atoms with Crippen molar-refractivity contribution in [3.63, 3.8) is 0 Å². The van der Waals surface area contributed by atoms with Crippen molar-refractivity contribution in [2.45, 2.75) is 45.8 Å². The number of piperidine rings is 1. The van der Waals surface area contributed by atoms with Gasteiger partial charge in [-0.15, -0.1) is 11.3 Å². The van der Waals surface area contributed by atoms with Gasteiger partial charge >= 0.3 is 0 Å². The van der Waals surface area contributed by atoms with Crippen molar-refractivity contribution >= 4 is 11.3 Å². The van der Waals surface area contributed by atoms with Gasteiger partial charge in [-0.25, -0.2) is 0 Å². The molecule has 4 heteroatoms. The lowest BCUT2D eigenvalue weighted by Gasteiger charge is -2.36. The molecular formula is C16H29N3S. The molecule has 0 radical (unpaired) electrons. The number of rotatable bonds is 6. The number of likely N-dealkylation sites (tertiary alicyclic amines) is 1. The van der Waals surface area contributed by atoms with Gasteiger partial charge in [-0.2, -0.15) is 0 Å². The highest BCUT2D eigenvalue weighted by Crippen LogP contribution is 2.24. The second-order valence-corrected chi connectivity index (χ2v) is 7.25. The van der Waals surface area contributed by atoms with Crippen LogP contribution in [0.4, 0.5) is 0 Å². The van der Waals surface area contributed by atoms with Crippen molar-refractivity contribution in [3.05, 3.63) is 21.4 Å². The zero-order valence-corrected chi connectivity index (χ0v) is 14.2. The Morgan fingerprint density at radius 1 is 1.40 bits per heavy atom. The van der Waals surface area contributed by atoms with Crippen LogP contribution in [0.15, 0.2) is 6.07 Å². The van der Waals surface area contributed by atoms with Crippen molar-refractivity contribution in [3.8, 4) is 0 Å². The third-order valence-electron chi connectivity index (χ3n) is 4.47. The SMILES string of the molecule is CCN1CCC(N(C)Cc2cc(CNC)sc2C)CC1. The van der Waals surface area contributed by atoms with Gasteiger partial charge in [-0.05, 0) is 65.1 Å². The van der Waals surface area contributed by atoms with Crippen molar-refractivity contribution in [1.82, 2.24) is 15.1 Å². The summed E-state index contributed by atoms with van der Waals surface area (Å²) in [5, 5.41) is 3.24. The molecule has 1 aromatic heterocycles. The number of hydrogen-bond acceptors (Lipinski definition) is 4. The number of nitrogens with one attached hydrogen (secondary N) is 1. The van der Waals surface area contributed by atoms with E-state index in [1.807, 2.05) is 18.4 Å². The lowest BCUT2D eigenvalue weighted by atomic mass is 10.0. The topological polar surface area (TPSA) is 18.5 Å². The summed E-state index contributed by atoms with van der Waals surface area (Å²) in [6.07, 6.45) is 2.63. The van der Waals surface area contributed by atoms with Gasteiger partial charge in [0.25, 0.3) is 0 Å². The molecule has 1 aromatic rings. The Balaban J connectivity index is 1.89. The molecule has 0 saturated carbocycles. The first kappa shape index (κ1) is 16.0. The molecule has 20 heavy (non-hydrogen) atoms. The molecule has 1 N–H and O–H groups in total. The maximum atomic E-state index is 3.24. The summed E-state index contributed by atoms with van der Waals surface area (Å²) in [6.45, 7) is 10.3. The minimum absolute atomic E-state index is 0.754. The highest BCUT2D eigenvalue weighted by Gasteiger charge is 2.22. The summed E-state index contributed by atoms with van der Waals surface area (Å²) in [5.74, 6) is 0. The average Bonchev–Trinajstić information content (AvgIpc) is 2.79. The van der Waals surface area contributed by atoms with E-state index in [1.165, 1.54) is 47.8 Å². The molecule has 1 aliphatic heterocycles. The van der Waals surface area contributed by atoms with E-state index in [0.717, 1.165) is 19.1 Å². The maximum Gasteiger partial charge on any atom is 0.0296 e. The second-order valence-electron chi connectivity index (χ2n) is 5.91. The van der Waals surface area contributed by atoms with Gasteiger partial charge in [0.2, 0.25) is 0 Å². The summed E-state index contributed by atoms with van der Waals surface area (Å²) < 4.78 is 0. The molecule has 0 unspecified atom stereocenters. The molecule has 0 aromatic carbocycles. The first-order valence-electron chi connectivity index (χ1n) is 7.79. The molecule has 0 atom stereocenters. The van der Waals surface area contributed by atoms with E-state index in [-0.39, 0.29) is 0 Å². The van der Waals surface area contributed by atoms with Gasteiger partial charge < -0.3 is 10.2 Å². The van der Waals surface area contributed by atoms with Crippen LogP contribution in [0.25, 0.3) is 0 Å². The predicted molar refractivity (Wildman–Crippen MR) is 88.4 cm³/mol. The van der Waals surface area contributed by atoms with E-state index in [9.17, 15) is 0 Å². The highest BCUT2D eigenvalue weighted by atomic mass is 32.1. The second kappa shape index (κ2) is 7.55. The number of hydrogen-bond donors (Lipinski definition) is 1. The molecule has 2 heterocycles. The molecule has 1 fully saturated rings. The van der Waals surface area contributed by atoms with E-state index < -0.39 is 0 Å². The Hall–Kier alpha value is -0.420. The van der Waals surface area contributed by atoms with Gasteiger partial charge in [0.1, 0.15) is 0 Å². The van der Waals surface area contributed by atoms with Crippen LogP contribution in [0.5, 0.6) is 0 Å². The Morgan fingerprint density at radius 2 is 2.10 bits per heavy atom. The third-order valence-corrected chi connectivity index (χ3v) is 5.56. The van der Waals surface area contributed by atoms with E-state index in [0.29, 0.717) is 0 Å². The molecule has 3 nitrogen and oxygen atoms in total. The minimum Gasteiger partial charge on any atom is -0.315 e. The first-order chi connectivity index (χ1) is 9.63. The van der Waals surface area contributed by atoms with Gasteiger partial charge in [-0.3, -0.25) is 4.90 Å². The summed E-state index contributed by atoms with van der Waals surface area (Å²) in [5.41, 5.74) is 1.51. The van der Waals surface area contributed by atoms with Crippen LogP contribution in [-0.4, -0.2) is 49.6 Å². The number of thiophene rings is 1. The van der Waals surface area contributed by atoms with E-state index in [2.05, 4.69) is 42.1 Å². The minimum atomic E-state index is 0.754. The molecule has 0 bridgehead atoms. The van der Waals surface area contributed by atoms with Crippen LogP contribution in [0.1, 0.15) is 35.1 Å². The molecular weight excluding hydrogens is 266 g/mol. The fourth-order valence-corrected chi connectivity index (χ4v) is 4.15. The van der Waals surface area contributed by atoms with E-state index in [4.69, 9.17) is 0 Å². The Kier molecular flexibility index (Phi) is 6.02. The molecule has 2 rings (SSSR count). The standard InChI is InChI=1S/C16H29N3S/c1-5-19-8-6-15(7-9-19)18(4)12-14-10-16(11-17-3)20-13(14)2/h10,15,17H,5-9,11-12H2,1-4H3. The van der Waals surface area contributed by atoms with Crippen molar-refractivity contribution < 1.29 is 0 Å². The van der Waals surface area contributed by atoms with Gasteiger partial charge in [0.15, 0.2) is 0 Å². The van der Waals surface area contributed by atoms with Crippen molar-refractivity contribution in [2.24, 2.45) is 0 Å². The maximum absolute atomic E-state index is 3.24. The summed E-state index contributed by atoms with van der Waals surface area (Å²) in [7, 11) is 4.31. The van der Waals surface area contributed by atoms with Crippen LogP contribution in [-0.2, 0) is 13.1 Å². The van der Waals surface area contributed by atoms with Gasteiger partial charge in [-0.1, -0.05) is 6.92 Å². The molecule has 0 aliphatic carbocycles. The highest BCUT2D eigenvalue weighted by molar-refractivity contribution is 7.12. The lowest BCUT2D eigenvalue weighted by molar-refractivity contribution is 0.127. The zero-order chi connectivity index (χ0) is 14.5. The van der Waals surface area contributed by atoms with Crippen LogP contribution >= 0.6 is 11.3 Å². The lowest BCUT2D eigenvalue weighted by Crippen LogP contribution is -2.42. The fraction of sp³-hybridized carbons (Fsp3) is 0.750. The molecule has 1 saturated heterocycles. The first-order valence-corrected chi connectivity index (χ1v) is 8.61. The van der Waals surface area contributed by atoms with Crippen LogP contribution in [0.3, 0.4) is 0 Å². The normalized spacial score (nSPS) is 18.1. The zero-order valence-electron chi connectivity index (χ0n) is 13.4. The molecule has 114 valence electrons. The third kappa shape index (κ3) is 4.04. The summed E-state index contributed by atoms with van der Waals surface area (Å²) in [4.78, 5) is 8.05. The number of nitrogens with zero attached hydrogens (tertiary/aromatic N) is 2. The predicted octanol–water partition coefficient (Wildman–Crippen LogP) is 2.69. The molecule has 0 spiro atoms. The quantitative estimate of drug-likeness (QED) is 0.870. The Labute approximate surface area is 128 Å². The fourth-order valence-electron chi connectivity index (χ4n) is 3.08. The van der Waals surface area contributed by atoms with E-state index in [1.54, 1.807) is 0 Å². The van der Waals surface area contributed by atoms with Crippen LogP contribution in [0.2, 0.25) is 0 Å². The van der Waals surface area contributed by atoms with Gasteiger partial charge in [0.05, 0.1) is 0 Å². The summed E-state index contributed by atoms with van der Waals surface area (Å²) >= 11 is 1.93. The Morgan fingerprint density at radius 3 is 2.70 bits per heavy atom. The van der Waals surface area contributed by atoms with E-state index >= 15 is 0 Å². The molecule has 1 aliphatic rings. The van der Waals surface area contributed by atoms with Crippen LogP contribution in [0, 0.1) is 6.92 Å². The largest absolute Gasteiger partial charge is 0.315 e. The van der Waals surface area contributed by atoms with Gasteiger partial charge in [0, 0.05) is 28.9 Å². The summed E-state index contributed by atoms with van der Waals surface area (Å²) in [6, 6.07) is 3.14. The molecule has 0 amide bonds. The smallest absolute Gasteiger partial charge is 0.0296 e. The Bertz CT molecular complexity index is 408. The number of aryl methyl sites for hydroxylation is 1.